The molecule has 0 saturated heterocycles. The van der Waals surface area contributed by atoms with Crippen molar-refractivity contribution in [2.45, 2.75) is 76.3 Å². The van der Waals surface area contributed by atoms with E-state index in [1.807, 2.05) is 57.2 Å². The summed E-state index contributed by atoms with van der Waals surface area (Å²) in [6.07, 6.45) is 0.749. The SMILES string of the molecule is COc1cccc2c1C[C@@H](O)[C@H](N)C2.COc1cccc2c1C[C@@H](O)[C@H](NC(=O)OC(C)(C)C)C2. The molecule has 4 atom stereocenters. The van der Waals surface area contributed by atoms with Gasteiger partial charge < -0.3 is 35.5 Å². The Kier molecular flexibility index (Phi) is 8.64. The van der Waals surface area contributed by atoms with Crippen LogP contribution >= 0.6 is 0 Å². The van der Waals surface area contributed by atoms with Crippen LogP contribution in [0.2, 0.25) is 0 Å². The monoisotopic (exact) mass is 486 g/mol. The molecule has 0 radical (unpaired) electrons. The van der Waals surface area contributed by atoms with Gasteiger partial charge in [0.05, 0.1) is 32.5 Å². The van der Waals surface area contributed by atoms with Gasteiger partial charge in [0.2, 0.25) is 0 Å². The lowest BCUT2D eigenvalue weighted by molar-refractivity contribution is 0.0411. The molecule has 0 unspecified atom stereocenters. The van der Waals surface area contributed by atoms with Crippen molar-refractivity contribution >= 4 is 6.09 Å². The van der Waals surface area contributed by atoms with E-state index in [9.17, 15) is 15.0 Å². The first kappa shape index (κ1) is 26.8. The first-order chi connectivity index (χ1) is 16.5. The number of carbonyl (C=O) groups excluding carboxylic acids is 1. The van der Waals surface area contributed by atoms with Crippen molar-refractivity contribution in [2.75, 3.05) is 14.2 Å². The van der Waals surface area contributed by atoms with Gasteiger partial charge in [-0.15, -0.1) is 0 Å². The number of aliphatic hydroxyl groups is 2. The Morgan fingerprint density at radius 2 is 1.40 bits per heavy atom. The van der Waals surface area contributed by atoms with Crippen LogP contribution in [-0.2, 0) is 30.4 Å². The molecule has 0 aliphatic heterocycles. The van der Waals surface area contributed by atoms with Crippen molar-refractivity contribution in [3.63, 3.8) is 0 Å². The number of amides is 1. The maximum atomic E-state index is 11.8. The normalized spacial score (nSPS) is 23.1. The molecule has 0 heterocycles. The van der Waals surface area contributed by atoms with E-state index in [0.29, 0.717) is 19.3 Å². The number of fused-ring (bicyclic) bond motifs is 2. The number of methoxy groups -OCH3 is 2. The lowest BCUT2D eigenvalue weighted by atomic mass is 9.85. The van der Waals surface area contributed by atoms with E-state index < -0.39 is 23.9 Å². The Labute approximate surface area is 207 Å². The summed E-state index contributed by atoms with van der Waals surface area (Å²) >= 11 is 0. The number of hydrogen-bond acceptors (Lipinski definition) is 7. The van der Waals surface area contributed by atoms with E-state index in [4.69, 9.17) is 19.9 Å². The average Bonchev–Trinajstić information content (AvgIpc) is 2.79. The van der Waals surface area contributed by atoms with Gasteiger partial charge in [0.25, 0.3) is 0 Å². The summed E-state index contributed by atoms with van der Waals surface area (Å²) in [7, 11) is 3.27. The fourth-order valence-corrected chi connectivity index (χ4v) is 4.53. The van der Waals surface area contributed by atoms with E-state index >= 15 is 0 Å². The number of nitrogens with one attached hydrogen (secondary N) is 1. The molecular formula is C27H38N2O6. The summed E-state index contributed by atoms with van der Waals surface area (Å²) < 4.78 is 15.8. The number of rotatable bonds is 3. The molecule has 1 amide bonds. The lowest BCUT2D eigenvalue weighted by Crippen LogP contribution is -2.49. The van der Waals surface area contributed by atoms with Crippen molar-refractivity contribution in [1.82, 2.24) is 5.32 Å². The Morgan fingerprint density at radius 1 is 0.886 bits per heavy atom. The molecule has 0 fully saturated rings. The van der Waals surface area contributed by atoms with E-state index in [1.165, 1.54) is 5.56 Å². The highest BCUT2D eigenvalue weighted by Crippen LogP contribution is 2.30. The third-order valence-corrected chi connectivity index (χ3v) is 6.28. The zero-order valence-corrected chi connectivity index (χ0v) is 21.2. The quantitative estimate of drug-likeness (QED) is 0.526. The van der Waals surface area contributed by atoms with Crippen molar-refractivity contribution < 1.29 is 29.2 Å². The van der Waals surface area contributed by atoms with Gasteiger partial charge in [-0.05, 0) is 62.4 Å². The molecule has 0 bridgehead atoms. The van der Waals surface area contributed by atoms with E-state index in [2.05, 4.69) is 5.32 Å². The average molecular weight is 487 g/mol. The van der Waals surface area contributed by atoms with Crippen LogP contribution in [0.15, 0.2) is 36.4 Å². The van der Waals surface area contributed by atoms with Crippen molar-refractivity contribution in [3.05, 3.63) is 58.7 Å². The maximum Gasteiger partial charge on any atom is 0.407 e. The highest BCUT2D eigenvalue weighted by atomic mass is 16.6. The van der Waals surface area contributed by atoms with Crippen molar-refractivity contribution in [3.8, 4) is 11.5 Å². The van der Waals surface area contributed by atoms with Crippen LogP contribution in [0.3, 0.4) is 0 Å². The predicted molar refractivity (Wildman–Crippen MR) is 134 cm³/mol. The van der Waals surface area contributed by atoms with Crippen LogP contribution < -0.4 is 20.5 Å². The molecule has 4 rings (SSSR count). The van der Waals surface area contributed by atoms with Crippen LogP contribution in [0.5, 0.6) is 11.5 Å². The molecule has 5 N–H and O–H groups in total. The van der Waals surface area contributed by atoms with Crippen molar-refractivity contribution in [1.29, 1.82) is 0 Å². The summed E-state index contributed by atoms with van der Waals surface area (Å²) in [5.74, 6) is 1.63. The van der Waals surface area contributed by atoms with Gasteiger partial charge in [-0.3, -0.25) is 0 Å². The number of alkyl carbamates (subject to hydrolysis) is 1. The third kappa shape index (κ3) is 6.87. The summed E-state index contributed by atoms with van der Waals surface area (Å²) in [5, 5.41) is 22.7. The van der Waals surface area contributed by atoms with Crippen LogP contribution in [0.4, 0.5) is 4.79 Å². The zero-order chi connectivity index (χ0) is 25.8. The molecule has 0 aromatic heterocycles. The number of nitrogens with two attached hydrogens (primary N) is 1. The Hall–Kier alpha value is -2.81. The largest absolute Gasteiger partial charge is 0.496 e. The summed E-state index contributed by atoms with van der Waals surface area (Å²) in [6, 6.07) is 11.2. The van der Waals surface area contributed by atoms with Gasteiger partial charge in [-0.1, -0.05) is 24.3 Å². The van der Waals surface area contributed by atoms with Crippen LogP contribution in [-0.4, -0.2) is 60.4 Å². The molecule has 35 heavy (non-hydrogen) atoms. The molecule has 192 valence electrons. The second-order valence-corrected chi connectivity index (χ2v) is 10.1. The fourth-order valence-electron chi connectivity index (χ4n) is 4.53. The van der Waals surface area contributed by atoms with Crippen LogP contribution in [0.25, 0.3) is 0 Å². The summed E-state index contributed by atoms with van der Waals surface area (Å²) in [5.41, 5.74) is 9.63. The smallest absolute Gasteiger partial charge is 0.407 e. The molecule has 2 aliphatic carbocycles. The van der Waals surface area contributed by atoms with Gasteiger partial charge in [-0.2, -0.15) is 0 Å². The van der Waals surface area contributed by atoms with Gasteiger partial charge in [-0.25, -0.2) is 4.79 Å². The molecule has 2 aromatic carbocycles. The molecule has 8 nitrogen and oxygen atoms in total. The Morgan fingerprint density at radius 3 is 1.91 bits per heavy atom. The molecule has 2 aromatic rings. The highest BCUT2D eigenvalue weighted by Gasteiger charge is 2.31. The number of benzene rings is 2. The second-order valence-electron chi connectivity index (χ2n) is 10.1. The van der Waals surface area contributed by atoms with Crippen LogP contribution in [0.1, 0.15) is 43.0 Å². The third-order valence-electron chi connectivity index (χ3n) is 6.28. The van der Waals surface area contributed by atoms with E-state index in [1.54, 1.807) is 14.2 Å². The predicted octanol–water partition coefficient (Wildman–Crippen LogP) is 2.53. The number of carbonyl (C=O) groups is 1. The van der Waals surface area contributed by atoms with Gasteiger partial charge in [0, 0.05) is 24.4 Å². The minimum Gasteiger partial charge on any atom is -0.496 e. The maximum absolute atomic E-state index is 11.8. The second kappa shape index (κ2) is 11.3. The number of aliphatic hydroxyl groups excluding tert-OH is 2. The van der Waals surface area contributed by atoms with Crippen LogP contribution in [0, 0.1) is 0 Å². The summed E-state index contributed by atoms with van der Waals surface area (Å²) in [4.78, 5) is 11.8. The zero-order valence-electron chi connectivity index (χ0n) is 21.2. The first-order valence-corrected chi connectivity index (χ1v) is 11.9. The van der Waals surface area contributed by atoms with Gasteiger partial charge in [0.15, 0.2) is 0 Å². The minimum absolute atomic E-state index is 0.144. The van der Waals surface area contributed by atoms with Crippen molar-refractivity contribution in [2.24, 2.45) is 5.73 Å². The van der Waals surface area contributed by atoms with E-state index in [-0.39, 0.29) is 12.1 Å². The fraction of sp³-hybridized carbons (Fsp3) is 0.519. The molecule has 0 spiro atoms. The number of hydrogen-bond donors (Lipinski definition) is 4. The summed E-state index contributed by atoms with van der Waals surface area (Å²) in [6.45, 7) is 5.43. The highest BCUT2D eigenvalue weighted by molar-refractivity contribution is 5.68. The topological polar surface area (TPSA) is 123 Å². The van der Waals surface area contributed by atoms with Gasteiger partial charge in [0.1, 0.15) is 17.1 Å². The molecule has 0 saturated carbocycles. The first-order valence-electron chi connectivity index (χ1n) is 11.9. The molecule has 8 heteroatoms. The Bertz CT molecular complexity index is 1020. The molecule has 2 aliphatic rings. The minimum atomic E-state index is -0.652. The lowest BCUT2D eigenvalue weighted by Gasteiger charge is -2.32. The molecular weight excluding hydrogens is 448 g/mol. The number of ether oxygens (including phenoxy) is 3. The van der Waals surface area contributed by atoms with E-state index in [0.717, 1.165) is 34.6 Å². The van der Waals surface area contributed by atoms with Gasteiger partial charge >= 0.3 is 6.09 Å². The standard InChI is InChI=1S/C16H23NO4.C11H15NO2/c1-16(2,3)21-15(19)17-12-8-10-6-5-7-14(20-4)11(10)9-13(12)18;1-14-11-4-2-3-7-5-9(12)10(13)6-8(7)11/h5-7,12-13,18H,8-9H2,1-4H3,(H,17,19);2-4,9-10,13H,5-6,12H2,1H3/t12-,13-;9-,10-/m11/s1. The Balaban J connectivity index is 0.000000211.